The molecule has 0 unspecified atom stereocenters. The van der Waals surface area contributed by atoms with E-state index in [-0.39, 0.29) is 0 Å². The smallest absolute Gasteiger partial charge is 0.152 e. The van der Waals surface area contributed by atoms with Crippen molar-refractivity contribution in [3.05, 3.63) is 16.4 Å². The lowest BCUT2D eigenvalue weighted by Gasteiger charge is -2.03. The van der Waals surface area contributed by atoms with Crippen LogP contribution in [-0.4, -0.2) is 5.16 Å². The Morgan fingerprint density at radius 2 is 2.18 bits per heavy atom. The van der Waals surface area contributed by atoms with Gasteiger partial charge in [-0.15, -0.1) is 0 Å². The fourth-order valence-corrected chi connectivity index (χ4v) is 2.23. The van der Waals surface area contributed by atoms with E-state index < -0.39 is 0 Å². The molecule has 1 aromatic heterocycles. The first-order valence-electron chi connectivity index (χ1n) is 3.97. The van der Waals surface area contributed by atoms with E-state index in [1.807, 2.05) is 0 Å². The minimum Gasteiger partial charge on any atom is -0.363 e. The maximum atomic E-state index is 4.86. The molecule has 2 rings (SSSR count). The van der Waals surface area contributed by atoms with Crippen LogP contribution in [0.5, 0.6) is 0 Å². The summed E-state index contributed by atoms with van der Waals surface area (Å²) in [5.74, 6) is 0.690. The molecule has 11 heavy (non-hydrogen) atoms. The second-order valence-corrected chi connectivity index (χ2v) is 3.79. The van der Waals surface area contributed by atoms with Gasteiger partial charge >= 0.3 is 0 Å². The summed E-state index contributed by atoms with van der Waals surface area (Å²) in [6.07, 6.45) is 7.05. The van der Waals surface area contributed by atoms with E-state index in [2.05, 4.69) is 21.1 Å². The van der Waals surface area contributed by atoms with Crippen LogP contribution in [0.15, 0.2) is 15.4 Å². The lowest BCUT2D eigenvalue weighted by Crippen LogP contribution is -1.89. The number of halogens is 1. The number of aromatic nitrogens is 1. The minimum absolute atomic E-state index is 0.690. The van der Waals surface area contributed by atoms with Crippen molar-refractivity contribution in [1.29, 1.82) is 0 Å². The van der Waals surface area contributed by atoms with E-state index in [4.69, 9.17) is 4.52 Å². The fourth-order valence-electron chi connectivity index (χ4n) is 1.73. The van der Waals surface area contributed by atoms with E-state index in [1.165, 1.54) is 31.2 Å². The highest BCUT2D eigenvalue weighted by molar-refractivity contribution is 9.10. The Bertz CT molecular complexity index is 240. The molecule has 0 aromatic carbocycles. The summed E-state index contributed by atoms with van der Waals surface area (Å²) in [5.41, 5.74) is 1.25. The van der Waals surface area contributed by atoms with Crippen LogP contribution >= 0.6 is 15.9 Å². The molecule has 3 heteroatoms. The lowest BCUT2D eigenvalue weighted by atomic mass is 10.0. The van der Waals surface area contributed by atoms with Gasteiger partial charge in [0.15, 0.2) is 4.60 Å². The summed E-state index contributed by atoms with van der Waals surface area (Å²) in [6, 6.07) is 0. The summed E-state index contributed by atoms with van der Waals surface area (Å²) in [5, 5.41) is 3.80. The molecule has 1 aliphatic carbocycles. The van der Waals surface area contributed by atoms with Crippen molar-refractivity contribution >= 4 is 15.9 Å². The van der Waals surface area contributed by atoms with Gasteiger partial charge in [0.25, 0.3) is 0 Å². The zero-order chi connectivity index (χ0) is 7.68. The van der Waals surface area contributed by atoms with Crippen molar-refractivity contribution < 1.29 is 4.52 Å². The Balaban J connectivity index is 2.21. The van der Waals surface area contributed by atoms with Crippen LogP contribution in [0.4, 0.5) is 0 Å². The fraction of sp³-hybridized carbons (Fsp3) is 0.625. The third-order valence-corrected chi connectivity index (χ3v) is 2.95. The first kappa shape index (κ1) is 7.35. The van der Waals surface area contributed by atoms with E-state index in [0.29, 0.717) is 5.92 Å². The standard InChI is InChI=1S/C8H10BrNO/c9-8-7(5-11-10-8)6-3-1-2-4-6/h5-6H,1-4H2. The predicted molar refractivity (Wildman–Crippen MR) is 45.4 cm³/mol. The maximum Gasteiger partial charge on any atom is 0.152 e. The van der Waals surface area contributed by atoms with Gasteiger partial charge in [0.05, 0.1) is 0 Å². The number of nitrogens with zero attached hydrogens (tertiary/aromatic N) is 1. The first-order chi connectivity index (χ1) is 5.38. The van der Waals surface area contributed by atoms with Crippen molar-refractivity contribution in [3.63, 3.8) is 0 Å². The molecule has 0 atom stereocenters. The van der Waals surface area contributed by atoms with Crippen LogP contribution in [0.3, 0.4) is 0 Å². The second kappa shape index (κ2) is 2.97. The lowest BCUT2D eigenvalue weighted by molar-refractivity contribution is 0.414. The highest BCUT2D eigenvalue weighted by Crippen LogP contribution is 2.36. The number of rotatable bonds is 1. The molecule has 0 aliphatic heterocycles. The normalized spacial score (nSPS) is 19.4. The largest absolute Gasteiger partial charge is 0.363 e. The molecule has 60 valence electrons. The second-order valence-electron chi connectivity index (χ2n) is 3.04. The van der Waals surface area contributed by atoms with Gasteiger partial charge in [-0.1, -0.05) is 18.0 Å². The Morgan fingerprint density at radius 3 is 2.73 bits per heavy atom. The molecule has 0 amide bonds. The summed E-state index contributed by atoms with van der Waals surface area (Å²) < 4.78 is 5.75. The highest BCUT2D eigenvalue weighted by Gasteiger charge is 2.21. The van der Waals surface area contributed by atoms with Gasteiger partial charge < -0.3 is 4.52 Å². The summed E-state index contributed by atoms with van der Waals surface area (Å²) in [6.45, 7) is 0. The van der Waals surface area contributed by atoms with Crippen molar-refractivity contribution in [3.8, 4) is 0 Å². The zero-order valence-electron chi connectivity index (χ0n) is 6.22. The van der Waals surface area contributed by atoms with Gasteiger partial charge in [0.2, 0.25) is 0 Å². The van der Waals surface area contributed by atoms with E-state index in [0.717, 1.165) is 4.60 Å². The molecule has 0 bridgehead atoms. The molecule has 0 saturated heterocycles. The molecule has 0 N–H and O–H groups in total. The van der Waals surface area contributed by atoms with E-state index in [9.17, 15) is 0 Å². The first-order valence-corrected chi connectivity index (χ1v) is 4.77. The predicted octanol–water partition coefficient (Wildman–Crippen LogP) is 3.09. The van der Waals surface area contributed by atoms with Crippen LogP contribution in [0.1, 0.15) is 37.2 Å². The number of hydrogen-bond acceptors (Lipinski definition) is 2. The number of hydrogen-bond donors (Lipinski definition) is 0. The van der Waals surface area contributed by atoms with Crippen molar-refractivity contribution in [2.24, 2.45) is 0 Å². The zero-order valence-corrected chi connectivity index (χ0v) is 7.80. The summed E-state index contributed by atoms with van der Waals surface area (Å²) >= 11 is 3.37. The molecular weight excluding hydrogens is 206 g/mol. The molecular formula is C8H10BrNO. The van der Waals surface area contributed by atoms with Gasteiger partial charge in [0.1, 0.15) is 6.26 Å². The van der Waals surface area contributed by atoms with Crippen molar-refractivity contribution in [2.45, 2.75) is 31.6 Å². The van der Waals surface area contributed by atoms with Crippen molar-refractivity contribution in [2.75, 3.05) is 0 Å². The molecule has 1 saturated carbocycles. The van der Waals surface area contributed by atoms with E-state index >= 15 is 0 Å². The maximum absolute atomic E-state index is 4.86. The van der Waals surface area contributed by atoms with Crippen LogP contribution in [0.25, 0.3) is 0 Å². The van der Waals surface area contributed by atoms with Gasteiger partial charge in [-0.05, 0) is 34.7 Å². The van der Waals surface area contributed by atoms with E-state index in [1.54, 1.807) is 6.26 Å². The SMILES string of the molecule is Brc1nocc1C1CCCC1. The van der Waals surface area contributed by atoms with Gasteiger partial charge in [0, 0.05) is 5.56 Å². The highest BCUT2D eigenvalue weighted by atomic mass is 79.9. The Morgan fingerprint density at radius 1 is 1.45 bits per heavy atom. The summed E-state index contributed by atoms with van der Waals surface area (Å²) in [7, 11) is 0. The van der Waals surface area contributed by atoms with Crippen LogP contribution in [0, 0.1) is 0 Å². The quantitative estimate of drug-likeness (QED) is 0.720. The Hall–Kier alpha value is -0.310. The van der Waals surface area contributed by atoms with Gasteiger partial charge in [-0.25, -0.2) is 0 Å². The molecule has 2 nitrogen and oxygen atoms in total. The molecule has 1 aromatic rings. The third-order valence-electron chi connectivity index (χ3n) is 2.35. The molecule has 1 fully saturated rings. The third kappa shape index (κ3) is 1.34. The van der Waals surface area contributed by atoms with Gasteiger partial charge in [-0.2, -0.15) is 0 Å². The minimum atomic E-state index is 0.690. The van der Waals surface area contributed by atoms with Gasteiger partial charge in [-0.3, -0.25) is 0 Å². The summed E-state index contributed by atoms with van der Waals surface area (Å²) in [4.78, 5) is 0. The molecule has 1 aliphatic rings. The van der Waals surface area contributed by atoms with Crippen LogP contribution in [0.2, 0.25) is 0 Å². The van der Waals surface area contributed by atoms with Crippen molar-refractivity contribution in [1.82, 2.24) is 5.16 Å². The topological polar surface area (TPSA) is 26.0 Å². The van der Waals surface area contributed by atoms with Crippen LogP contribution < -0.4 is 0 Å². The Kier molecular flexibility index (Phi) is 1.98. The average molecular weight is 216 g/mol. The average Bonchev–Trinajstić information content (AvgIpc) is 2.55. The molecule has 0 spiro atoms. The van der Waals surface area contributed by atoms with Crippen LogP contribution in [-0.2, 0) is 0 Å². The molecule has 1 heterocycles. The monoisotopic (exact) mass is 215 g/mol. The molecule has 0 radical (unpaired) electrons. The Labute approximate surface area is 74.1 Å².